The third kappa shape index (κ3) is 2.39. The van der Waals surface area contributed by atoms with E-state index in [9.17, 15) is 9.59 Å². The number of carbonyl (C=O) groups excluding carboxylic acids is 2. The van der Waals surface area contributed by atoms with Gasteiger partial charge in [0.05, 0.1) is 18.1 Å². The molecule has 0 unspecified atom stereocenters. The summed E-state index contributed by atoms with van der Waals surface area (Å²) >= 11 is 0. The zero-order chi connectivity index (χ0) is 15.1. The molecule has 0 spiro atoms. The fourth-order valence-corrected chi connectivity index (χ4v) is 3.52. The molecule has 3 aliphatic rings. The van der Waals surface area contributed by atoms with Gasteiger partial charge in [0.15, 0.2) is 0 Å². The molecule has 1 aliphatic carbocycles. The van der Waals surface area contributed by atoms with Gasteiger partial charge in [0.1, 0.15) is 0 Å². The number of nitrogens with zero attached hydrogens (tertiary/aromatic N) is 1. The van der Waals surface area contributed by atoms with E-state index in [1.165, 1.54) is 0 Å². The Morgan fingerprint density at radius 2 is 1.91 bits per heavy atom. The van der Waals surface area contributed by atoms with Gasteiger partial charge in [0.2, 0.25) is 5.91 Å². The second kappa shape index (κ2) is 5.39. The molecule has 5 heteroatoms. The number of fused-ring (bicyclic) bond motifs is 1. The van der Waals surface area contributed by atoms with Gasteiger partial charge in [-0.15, -0.1) is 0 Å². The lowest BCUT2D eigenvalue weighted by Crippen LogP contribution is -2.39. The minimum Gasteiger partial charge on any atom is -0.375 e. The van der Waals surface area contributed by atoms with Crippen molar-refractivity contribution in [1.29, 1.82) is 0 Å². The third-order valence-corrected chi connectivity index (χ3v) is 4.84. The Kier molecular flexibility index (Phi) is 3.37. The molecule has 1 N–H and O–H groups in total. The fourth-order valence-electron chi connectivity index (χ4n) is 3.52. The first-order valence-corrected chi connectivity index (χ1v) is 8.02. The van der Waals surface area contributed by atoms with Crippen LogP contribution < -0.4 is 5.32 Å². The molecule has 0 radical (unpaired) electrons. The highest BCUT2D eigenvalue weighted by Crippen LogP contribution is 2.35. The van der Waals surface area contributed by atoms with Crippen molar-refractivity contribution in [1.82, 2.24) is 10.2 Å². The zero-order valence-electron chi connectivity index (χ0n) is 12.4. The topological polar surface area (TPSA) is 58.6 Å². The minimum absolute atomic E-state index is 0.00261. The monoisotopic (exact) mass is 300 g/mol. The van der Waals surface area contributed by atoms with Crippen LogP contribution >= 0.6 is 0 Å². The molecule has 1 saturated carbocycles. The molecule has 1 aromatic carbocycles. The predicted octanol–water partition coefficient (Wildman–Crippen LogP) is 1.19. The maximum absolute atomic E-state index is 12.7. The number of ether oxygens (including phenoxy) is 1. The number of hydrogen-bond donors (Lipinski definition) is 1. The first kappa shape index (κ1) is 13.8. The van der Waals surface area contributed by atoms with Crippen LogP contribution in [-0.4, -0.2) is 48.1 Å². The van der Waals surface area contributed by atoms with Gasteiger partial charge in [-0.1, -0.05) is 18.2 Å². The van der Waals surface area contributed by atoms with Crippen molar-refractivity contribution < 1.29 is 14.3 Å². The van der Waals surface area contributed by atoms with Gasteiger partial charge in [-0.2, -0.15) is 0 Å². The molecule has 2 heterocycles. The number of likely N-dealkylation sites (tertiary alicyclic amines) is 1. The fraction of sp³-hybridized carbons (Fsp3) is 0.529. The smallest absolute Gasteiger partial charge is 0.254 e. The standard InChI is InChI=1S/C17H20N2O3/c20-16(18-12-6-7-12)13-10-19(14-8-9-22-15(13)14)17(21)11-4-2-1-3-5-11/h1-5,12-15H,6-10H2,(H,18,20)/t13-,14+,15-/m1/s1. The number of carbonyl (C=O) groups is 2. The summed E-state index contributed by atoms with van der Waals surface area (Å²) in [6.45, 7) is 1.09. The Labute approximate surface area is 129 Å². The Morgan fingerprint density at radius 3 is 2.64 bits per heavy atom. The molecule has 0 aromatic heterocycles. The van der Waals surface area contributed by atoms with Crippen LogP contribution in [0.4, 0.5) is 0 Å². The molecule has 4 rings (SSSR count). The van der Waals surface area contributed by atoms with E-state index in [-0.39, 0.29) is 29.9 Å². The van der Waals surface area contributed by atoms with Crippen molar-refractivity contribution >= 4 is 11.8 Å². The Bertz CT molecular complexity index is 585. The lowest BCUT2D eigenvalue weighted by Gasteiger charge is -2.22. The molecule has 1 aromatic rings. The Balaban J connectivity index is 1.53. The third-order valence-electron chi connectivity index (χ3n) is 4.84. The highest BCUT2D eigenvalue weighted by Gasteiger charge is 2.50. The van der Waals surface area contributed by atoms with E-state index in [1.54, 1.807) is 0 Å². The normalized spacial score (nSPS) is 30.2. The molecular formula is C17H20N2O3. The van der Waals surface area contributed by atoms with E-state index in [0.29, 0.717) is 24.8 Å². The summed E-state index contributed by atoms with van der Waals surface area (Å²) < 4.78 is 5.77. The molecule has 2 amide bonds. The number of rotatable bonds is 3. The molecule has 22 heavy (non-hydrogen) atoms. The van der Waals surface area contributed by atoms with Gasteiger partial charge in [-0.3, -0.25) is 9.59 Å². The molecule has 2 saturated heterocycles. The average Bonchev–Trinajstić information content (AvgIpc) is 3.10. The predicted molar refractivity (Wildman–Crippen MR) is 80.3 cm³/mol. The first-order chi connectivity index (χ1) is 10.7. The van der Waals surface area contributed by atoms with Crippen molar-refractivity contribution in [2.75, 3.05) is 13.2 Å². The summed E-state index contributed by atoms with van der Waals surface area (Å²) in [5.41, 5.74) is 0.677. The van der Waals surface area contributed by atoms with Crippen LogP contribution in [-0.2, 0) is 9.53 Å². The van der Waals surface area contributed by atoms with Crippen LogP contribution in [0.1, 0.15) is 29.6 Å². The molecule has 0 bridgehead atoms. The van der Waals surface area contributed by atoms with Gasteiger partial charge < -0.3 is 15.0 Å². The summed E-state index contributed by atoms with van der Waals surface area (Å²) in [4.78, 5) is 27.0. The Morgan fingerprint density at radius 1 is 1.14 bits per heavy atom. The molecule has 3 fully saturated rings. The summed E-state index contributed by atoms with van der Waals surface area (Å²) in [7, 11) is 0. The second-order valence-corrected chi connectivity index (χ2v) is 6.40. The maximum atomic E-state index is 12.7. The molecule has 3 atom stereocenters. The first-order valence-electron chi connectivity index (χ1n) is 8.02. The zero-order valence-corrected chi connectivity index (χ0v) is 12.4. The van der Waals surface area contributed by atoms with Crippen LogP contribution in [0.5, 0.6) is 0 Å². The van der Waals surface area contributed by atoms with E-state index < -0.39 is 0 Å². The van der Waals surface area contributed by atoms with Gasteiger partial charge in [0.25, 0.3) is 5.91 Å². The number of nitrogens with one attached hydrogen (secondary N) is 1. The maximum Gasteiger partial charge on any atom is 0.254 e. The number of benzene rings is 1. The van der Waals surface area contributed by atoms with Gasteiger partial charge in [-0.05, 0) is 31.4 Å². The molecule has 5 nitrogen and oxygen atoms in total. The minimum atomic E-state index is -0.235. The van der Waals surface area contributed by atoms with Crippen molar-refractivity contribution in [2.24, 2.45) is 5.92 Å². The quantitative estimate of drug-likeness (QED) is 0.912. The van der Waals surface area contributed by atoms with Crippen LogP contribution in [0.25, 0.3) is 0 Å². The summed E-state index contributed by atoms with van der Waals surface area (Å²) in [5.74, 6) is -0.189. The van der Waals surface area contributed by atoms with E-state index in [2.05, 4.69) is 5.32 Å². The second-order valence-electron chi connectivity index (χ2n) is 6.40. The highest BCUT2D eigenvalue weighted by atomic mass is 16.5. The van der Waals surface area contributed by atoms with Crippen LogP contribution in [0.15, 0.2) is 30.3 Å². The van der Waals surface area contributed by atoms with Gasteiger partial charge in [-0.25, -0.2) is 0 Å². The van der Waals surface area contributed by atoms with Gasteiger partial charge >= 0.3 is 0 Å². The SMILES string of the molecule is O=C(NC1CC1)[C@@H]1CN(C(=O)c2ccccc2)[C@H]2CCO[C@H]12. The van der Waals surface area contributed by atoms with Crippen molar-refractivity contribution in [3.05, 3.63) is 35.9 Å². The largest absolute Gasteiger partial charge is 0.375 e. The lowest BCUT2D eigenvalue weighted by molar-refractivity contribution is -0.127. The summed E-state index contributed by atoms with van der Waals surface area (Å²) in [5, 5.41) is 3.05. The molecule has 2 aliphatic heterocycles. The summed E-state index contributed by atoms with van der Waals surface area (Å²) in [6, 6.07) is 9.64. The van der Waals surface area contributed by atoms with E-state index in [1.807, 2.05) is 35.2 Å². The number of hydrogen-bond acceptors (Lipinski definition) is 3. The van der Waals surface area contributed by atoms with Crippen LogP contribution in [0.3, 0.4) is 0 Å². The highest BCUT2D eigenvalue weighted by molar-refractivity contribution is 5.95. The Hall–Kier alpha value is -1.88. The van der Waals surface area contributed by atoms with Crippen molar-refractivity contribution in [3.8, 4) is 0 Å². The van der Waals surface area contributed by atoms with Crippen molar-refractivity contribution in [3.63, 3.8) is 0 Å². The lowest BCUT2D eigenvalue weighted by atomic mass is 10.0. The summed E-state index contributed by atoms with van der Waals surface area (Å²) in [6.07, 6.45) is 2.81. The van der Waals surface area contributed by atoms with Crippen LogP contribution in [0, 0.1) is 5.92 Å². The van der Waals surface area contributed by atoms with Crippen molar-refractivity contribution in [2.45, 2.75) is 37.5 Å². The average molecular weight is 300 g/mol. The van der Waals surface area contributed by atoms with E-state index in [4.69, 9.17) is 4.74 Å². The number of amides is 2. The van der Waals surface area contributed by atoms with Gasteiger partial charge in [0, 0.05) is 24.8 Å². The van der Waals surface area contributed by atoms with E-state index >= 15 is 0 Å². The molecular weight excluding hydrogens is 280 g/mol. The van der Waals surface area contributed by atoms with Crippen LogP contribution in [0.2, 0.25) is 0 Å². The molecule has 116 valence electrons. The van der Waals surface area contributed by atoms with E-state index in [0.717, 1.165) is 19.3 Å².